The molecule has 0 amide bonds. The lowest BCUT2D eigenvalue weighted by atomic mass is 9.86. The lowest BCUT2D eigenvalue weighted by Crippen LogP contribution is -2.11. The minimum absolute atomic E-state index is 0.119. The molecule has 2 nitrogen and oxygen atoms in total. The van der Waals surface area contributed by atoms with E-state index in [1.165, 1.54) is 0 Å². The Morgan fingerprint density at radius 3 is 2.80 bits per heavy atom. The molecule has 0 aliphatic heterocycles. The molecule has 0 aromatic carbocycles. The van der Waals surface area contributed by atoms with Gasteiger partial charge in [-0.1, -0.05) is 6.42 Å². The van der Waals surface area contributed by atoms with Crippen molar-refractivity contribution in [2.75, 3.05) is 0 Å². The molecule has 2 heteroatoms. The highest BCUT2D eigenvalue weighted by atomic mass is 16.1. The SMILES string of the molecule is O=C=C1CCCCC1C=O. The first-order valence-electron chi connectivity index (χ1n) is 3.57. The molecule has 1 unspecified atom stereocenters. The van der Waals surface area contributed by atoms with Gasteiger partial charge in [-0.05, 0) is 19.3 Å². The molecule has 0 aromatic rings. The van der Waals surface area contributed by atoms with Crippen LogP contribution in [-0.2, 0) is 9.59 Å². The van der Waals surface area contributed by atoms with Gasteiger partial charge in [0.15, 0.2) is 0 Å². The Balaban J connectivity index is 2.68. The Bertz CT molecular complexity index is 178. The summed E-state index contributed by atoms with van der Waals surface area (Å²) in [6.45, 7) is 0. The van der Waals surface area contributed by atoms with Gasteiger partial charge in [0.1, 0.15) is 12.2 Å². The maximum Gasteiger partial charge on any atom is 0.127 e. The normalized spacial score (nSPS) is 25.6. The van der Waals surface area contributed by atoms with Crippen molar-refractivity contribution in [3.63, 3.8) is 0 Å². The van der Waals surface area contributed by atoms with Gasteiger partial charge in [-0.3, -0.25) is 0 Å². The van der Waals surface area contributed by atoms with E-state index in [2.05, 4.69) is 0 Å². The molecule has 1 atom stereocenters. The maximum atomic E-state index is 10.3. The highest BCUT2D eigenvalue weighted by Crippen LogP contribution is 2.25. The first-order chi connectivity index (χ1) is 4.88. The summed E-state index contributed by atoms with van der Waals surface area (Å²) >= 11 is 0. The molecule has 0 bridgehead atoms. The molecule has 1 aliphatic rings. The number of hydrogen-bond donors (Lipinski definition) is 0. The van der Waals surface area contributed by atoms with Gasteiger partial charge >= 0.3 is 0 Å². The summed E-state index contributed by atoms with van der Waals surface area (Å²) in [6.07, 6.45) is 4.57. The van der Waals surface area contributed by atoms with Crippen molar-refractivity contribution >= 4 is 12.2 Å². The molecular formula is C8H10O2. The summed E-state index contributed by atoms with van der Waals surface area (Å²) in [5.74, 6) is 1.72. The lowest BCUT2D eigenvalue weighted by molar-refractivity contribution is -0.110. The lowest BCUT2D eigenvalue weighted by Gasteiger charge is -2.16. The fourth-order valence-corrected chi connectivity index (χ4v) is 1.32. The van der Waals surface area contributed by atoms with E-state index in [9.17, 15) is 9.59 Å². The third-order valence-corrected chi connectivity index (χ3v) is 1.95. The van der Waals surface area contributed by atoms with Crippen LogP contribution in [0.1, 0.15) is 25.7 Å². The van der Waals surface area contributed by atoms with Gasteiger partial charge in [0, 0.05) is 11.5 Å². The number of allylic oxidation sites excluding steroid dienone is 1. The molecule has 0 aromatic heterocycles. The maximum absolute atomic E-state index is 10.3. The largest absolute Gasteiger partial charge is 0.303 e. The molecule has 1 fully saturated rings. The van der Waals surface area contributed by atoms with Crippen LogP contribution in [-0.4, -0.2) is 12.2 Å². The van der Waals surface area contributed by atoms with Crippen molar-refractivity contribution in [1.82, 2.24) is 0 Å². The minimum atomic E-state index is -0.119. The molecular weight excluding hydrogens is 128 g/mol. The van der Waals surface area contributed by atoms with E-state index in [4.69, 9.17) is 0 Å². The fourth-order valence-electron chi connectivity index (χ4n) is 1.32. The van der Waals surface area contributed by atoms with Crippen molar-refractivity contribution < 1.29 is 9.59 Å². The molecule has 1 aliphatic carbocycles. The van der Waals surface area contributed by atoms with Crippen LogP contribution in [0.3, 0.4) is 0 Å². The van der Waals surface area contributed by atoms with E-state index < -0.39 is 0 Å². The van der Waals surface area contributed by atoms with E-state index in [-0.39, 0.29) is 5.92 Å². The molecule has 0 N–H and O–H groups in total. The Labute approximate surface area is 59.9 Å². The van der Waals surface area contributed by atoms with Crippen LogP contribution in [0.15, 0.2) is 5.57 Å². The first kappa shape index (κ1) is 7.23. The Morgan fingerprint density at radius 2 is 2.30 bits per heavy atom. The average Bonchev–Trinajstić information content (AvgIpc) is 2.04. The summed E-state index contributed by atoms with van der Waals surface area (Å²) < 4.78 is 0. The Kier molecular flexibility index (Phi) is 2.41. The van der Waals surface area contributed by atoms with Crippen molar-refractivity contribution in [2.45, 2.75) is 25.7 Å². The van der Waals surface area contributed by atoms with Crippen LogP contribution < -0.4 is 0 Å². The number of carbonyl (C=O) groups excluding carboxylic acids is 2. The number of hydrogen-bond acceptors (Lipinski definition) is 2. The van der Waals surface area contributed by atoms with Crippen molar-refractivity contribution in [3.05, 3.63) is 5.57 Å². The molecule has 1 rings (SSSR count). The Hall–Kier alpha value is -0.880. The monoisotopic (exact) mass is 138 g/mol. The van der Waals surface area contributed by atoms with Crippen LogP contribution >= 0.6 is 0 Å². The third kappa shape index (κ3) is 1.34. The standard InChI is InChI=1S/C8H10O2/c9-5-7-3-1-2-4-8(7)6-10/h5,7H,1-4H2. The molecule has 0 radical (unpaired) electrons. The second-order valence-electron chi connectivity index (χ2n) is 2.62. The zero-order valence-corrected chi connectivity index (χ0v) is 5.80. The quantitative estimate of drug-likeness (QED) is 0.402. The topological polar surface area (TPSA) is 34.1 Å². The van der Waals surface area contributed by atoms with Crippen LogP contribution in [0.2, 0.25) is 0 Å². The van der Waals surface area contributed by atoms with E-state index in [1.54, 1.807) is 0 Å². The van der Waals surface area contributed by atoms with E-state index in [0.29, 0.717) is 5.57 Å². The fraction of sp³-hybridized carbons (Fsp3) is 0.625. The van der Waals surface area contributed by atoms with Crippen molar-refractivity contribution in [3.8, 4) is 0 Å². The van der Waals surface area contributed by atoms with Crippen LogP contribution in [0.25, 0.3) is 0 Å². The summed E-state index contributed by atoms with van der Waals surface area (Å²) in [4.78, 5) is 20.5. The summed E-state index contributed by atoms with van der Waals surface area (Å²) in [7, 11) is 0. The zero-order valence-electron chi connectivity index (χ0n) is 5.80. The molecule has 0 heterocycles. The molecule has 0 spiro atoms. The molecule has 54 valence electrons. The molecule has 10 heavy (non-hydrogen) atoms. The highest BCUT2D eigenvalue weighted by Gasteiger charge is 2.18. The van der Waals surface area contributed by atoms with Gasteiger partial charge in [0.2, 0.25) is 0 Å². The predicted octanol–water partition coefficient (Wildman–Crippen LogP) is 1.13. The number of rotatable bonds is 1. The predicted molar refractivity (Wildman–Crippen MR) is 37.2 cm³/mol. The number of aldehydes is 1. The second kappa shape index (κ2) is 3.33. The van der Waals surface area contributed by atoms with Crippen molar-refractivity contribution in [1.29, 1.82) is 0 Å². The zero-order chi connectivity index (χ0) is 7.40. The average molecular weight is 138 g/mol. The van der Waals surface area contributed by atoms with Crippen LogP contribution in [0.4, 0.5) is 0 Å². The summed E-state index contributed by atoms with van der Waals surface area (Å²) in [5.41, 5.74) is 0.668. The van der Waals surface area contributed by atoms with Crippen molar-refractivity contribution in [2.24, 2.45) is 5.92 Å². The first-order valence-corrected chi connectivity index (χ1v) is 3.57. The van der Waals surface area contributed by atoms with Gasteiger partial charge in [0.25, 0.3) is 0 Å². The van der Waals surface area contributed by atoms with Gasteiger partial charge in [-0.2, -0.15) is 0 Å². The van der Waals surface area contributed by atoms with E-state index in [1.807, 2.05) is 5.94 Å². The summed E-state index contributed by atoms with van der Waals surface area (Å²) in [6, 6.07) is 0. The van der Waals surface area contributed by atoms with Gasteiger partial charge in [0.05, 0.1) is 0 Å². The highest BCUT2D eigenvalue weighted by molar-refractivity contribution is 5.67. The van der Waals surface area contributed by atoms with Crippen LogP contribution in [0.5, 0.6) is 0 Å². The minimum Gasteiger partial charge on any atom is -0.303 e. The van der Waals surface area contributed by atoms with Crippen LogP contribution in [0, 0.1) is 5.92 Å². The Morgan fingerprint density at radius 1 is 1.50 bits per heavy atom. The summed E-state index contributed by atoms with van der Waals surface area (Å²) in [5, 5.41) is 0. The smallest absolute Gasteiger partial charge is 0.127 e. The molecule has 1 saturated carbocycles. The van der Waals surface area contributed by atoms with Gasteiger partial charge in [-0.15, -0.1) is 0 Å². The van der Waals surface area contributed by atoms with Gasteiger partial charge < -0.3 is 4.79 Å². The second-order valence-corrected chi connectivity index (χ2v) is 2.62. The van der Waals surface area contributed by atoms with E-state index >= 15 is 0 Å². The molecule has 0 saturated heterocycles. The van der Waals surface area contributed by atoms with E-state index in [0.717, 1.165) is 32.0 Å². The number of carbonyl (C=O) groups is 1. The van der Waals surface area contributed by atoms with Gasteiger partial charge in [-0.25, -0.2) is 4.79 Å². The third-order valence-electron chi connectivity index (χ3n) is 1.95.